The number of carbonyl (C=O) groups excluding carboxylic acids is 2. The largest absolute Gasteiger partial charge is 0.469 e. The number of amides is 2. The Morgan fingerprint density at radius 1 is 1.19 bits per heavy atom. The van der Waals surface area contributed by atoms with Crippen LogP contribution in [0.4, 0.5) is 5.69 Å². The fourth-order valence-corrected chi connectivity index (χ4v) is 3.06. The van der Waals surface area contributed by atoms with E-state index in [2.05, 4.69) is 20.8 Å². The van der Waals surface area contributed by atoms with E-state index in [9.17, 15) is 9.59 Å². The fourth-order valence-electron chi connectivity index (χ4n) is 2.22. The molecule has 2 heterocycles. The van der Waals surface area contributed by atoms with Gasteiger partial charge in [0, 0.05) is 23.2 Å². The van der Waals surface area contributed by atoms with E-state index in [0.29, 0.717) is 17.1 Å². The Morgan fingerprint density at radius 3 is 2.65 bits per heavy atom. The van der Waals surface area contributed by atoms with Gasteiger partial charge >= 0.3 is 0 Å². The molecule has 1 atom stereocenters. The van der Waals surface area contributed by atoms with Gasteiger partial charge in [0.2, 0.25) is 10.0 Å². The summed E-state index contributed by atoms with van der Waals surface area (Å²) in [6.07, 6.45) is 2.14. The van der Waals surface area contributed by atoms with Crippen molar-refractivity contribution in [3.05, 3.63) is 63.5 Å². The normalized spacial score (nSPS) is 11.8. The monoisotopic (exact) mass is 390 g/mol. The highest BCUT2D eigenvalue weighted by atomic mass is 35.5. The van der Waals surface area contributed by atoms with Crippen LogP contribution >= 0.6 is 22.9 Å². The van der Waals surface area contributed by atoms with E-state index < -0.39 is 5.91 Å². The van der Waals surface area contributed by atoms with Crippen LogP contribution in [0.25, 0.3) is 0 Å². The van der Waals surface area contributed by atoms with Crippen molar-refractivity contribution in [2.24, 2.45) is 0 Å². The number of furan rings is 1. The summed E-state index contributed by atoms with van der Waals surface area (Å²) in [7, 11) is 0. The number of anilines is 1. The lowest BCUT2D eigenvalue weighted by molar-refractivity contribution is 0.0937. The molecular formula is C17H15ClN4O3S. The summed E-state index contributed by atoms with van der Waals surface area (Å²) in [5.41, 5.74) is 0.538. The van der Waals surface area contributed by atoms with Gasteiger partial charge in [-0.3, -0.25) is 9.59 Å². The average Bonchev–Trinajstić information content (AvgIpc) is 3.26. The number of carbonyl (C=O) groups is 2. The second-order valence-electron chi connectivity index (χ2n) is 5.53. The first-order valence-corrected chi connectivity index (χ1v) is 8.94. The molecule has 9 heteroatoms. The van der Waals surface area contributed by atoms with E-state index in [-0.39, 0.29) is 22.0 Å². The molecule has 3 aromatic rings. The molecule has 0 spiro atoms. The smallest absolute Gasteiger partial charge is 0.286 e. The minimum Gasteiger partial charge on any atom is -0.469 e. The van der Waals surface area contributed by atoms with Crippen LogP contribution in [0, 0.1) is 0 Å². The van der Waals surface area contributed by atoms with Gasteiger partial charge in [-0.25, -0.2) is 0 Å². The van der Waals surface area contributed by atoms with Crippen LogP contribution in [0.2, 0.25) is 5.02 Å². The van der Waals surface area contributed by atoms with Gasteiger partial charge in [0.1, 0.15) is 5.76 Å². The predicted molar refractivity (Wildman–Crippen MR) is 98.7 cm³/mol. The molecule has 2 N–H and O–H groups in total. The van der Waals surface area contributed by atoms with Gasteiger partial charge in [0.25, 0.3) is 11.8 Å². The lowest BCUT2D eigenvalue weighted by atomic mass is 10.2. The lowest BCUT2D eigenvalue weighted by Crippen LogP contribution is -2.33. The molecule has 3 rings (SSSR count). The molecule has 0 saturated carbocycles. The van der Waals surface area contributed by atoms with Crippen molar-refractivity contribution in [2.75, 3.05) is 5.32 Å². The molecule has 0 aliphatic carbocycles. The maximum atomic E-state index is 12.2. The van der Waals surface area contributed by atoms with Gasteiger partial charge in [0.15, 0.2) is 0 Å². The highest BCUT2D eigenvalue weighted by Crippen LogP contribution is 2.17. The van der Waals surface area contributed by atoms with Crippen LogP contribution in [0.3, 0.4) is 0 Å². The molecule has 7 nitrogen and oxygen atoms in total. The number of hydrogen-bond donors (Lipinski definition) is 2. The first-order chi connectivity index (χ1) is 12.5. The van der Waals surface area contributed by atoms with Crippen LogP contribution in [-0.4, -0.2) is 28.1 Å². The molecule has 0 saturated heterocycles. The minimum atomic E-state index is -0.451. The number of hydrogen-bond acceptors (Lipinski definition) is 6. The maximum Gasteiger partial charge on any atom is 0.286 e. The summed E-state index contributed by atoms with van der Waals surface area (Å²) in [5, 5.41) is 13.8. The Labute approximate surface area is 158 Å². The van der Waals surface area contributed by atoms with E-state index in [1.165, 1.54) is 0 Å². The second kappa shape index (κ2) is 8.11. The van der Waals surface area contributed by atoms with Gasteiger partial charge in [-0.2, -0.15) is 0 Å². The summed E-state index contributed by atoms with van der Waals surface area (Å²) in [6.45, 7) is 1.86. The topological polar surface area (TPSA) is 97.1 Å². The van der Waals surface area contributed by atoms with E-state index in [1.54, 1.807) is 36.6 Å². The number of benzene rings is 1. The molecular weight excluding hydrogens is 376 g/mol. The van der Waals surface area contributed by atoms with E-state index in [1.807, 2.05) is 13.0 Å². The van der Waals surface area contributed by atoms with Crippen LogP contribution in [0.1, 0.15) is 32.3 Å². The van der Waals surface area contributed by atoms with E-state index in [0.717, 1.165) is 17.1 Å². The van der Waals surface area contributed by atoms with Crippen LogP contribution in [0.15, 0.2) is 47.1 Å². The molecule has 0 aliphatic rings. The Morgan fingerprint density at radius 2 is 1.96 bits per heavy atom. The highest BCUT2D eigenvalue weighted by Gasteiger charge is 2.19. The quantitative estimate of drug-likeness (QED) is 0.672. The lowest BCUT2D eigenvalue weighted by Gasteiger charge is -2.10. The molecule has 26 heavy (non-hydrogen) atoms. The predicted octanol–water partition coefficient (Wildman–Crippen LogP) is 3.40. The van der Waals surface area contributed by atoms with E-state index >= 15 is 0 Å². The number of halogens is 1. The molecule has 0 aliphatic heterocycles. The summed E-state index contributed by atoms with van der Waals surface area (Å²) >= 11 is 6.80. The van der Waals surface area contributed by atoms with Gasteiger partial charge in [-0.1, -0.05) is 29.0 Å². The molecule has 0 radical (unpaired) electrons. The molecule has 134 valence electrons. The van der Waals surface area contributed by atoms with Crippen molar-refractivity contribution in [2.45, 2.75) is 19.4 Å². The number of nitrogens with zero attached hydrogens (tertiary/aromatic N) is 2. The zero-order valence-corrected chi connectivity index (χ0v) is 15.3. The first kappa shape index (κ1) is 18.1. The third-order valence-corrected chi connectivity index (χ3v) is 4.52. The highest BCUT2D eigenvalue weighted by molar-refractivity contribution is 7.15. The van der Waals surface area contributed by atoms with Crippen molar-refractivity contribution in [3.8, 4) is 0 Å². The Bertz CT molecular complexity index is 910. The van der Waals surface area contributed by atoms with Crippen LogP contribution in [0.5, 0.6) is 0 Å². The third-order valence-electron chi connectivity index (χ3n) is 3.36. The third kappa shape index (κ3) is 4.68. The maximum absolute atomic E-state index is 12.2. The summed E-state index contributed by atoms with van der Waals surface area (Å²) in [4.78, 5) is 24.4. The summed E-state index contributed by atoms with van der Waals surface area (Å²) in [5.74, 6) is -0.0625. The molecule has 0 unspecified atom stereocenters. The van der Waals surface area contributed by atoms with Crippen LogP contribution in [-0.2, 0) is 6.42 Å². The van der Waals surface area contributed by atoms with Crippen molar-refractivity contribution in [1.82, 2.24) is 15.5 Å². The SMILES string of the molecule is C[C@@H](Cc1ccco1)NC(=O)c1nnc(C(=O)Nc2cccc(Cl)c2)s1. The number of nitrogens with one attached hydrogen (secondary N) is 2. The van der Waals surface area contributed by atoms with Gasteiger partial charge in [-0.05, 0) is 37.3 Å². The van der Waals surface area contributed by atoms with Crippen molar-refractivity contribution in [1.29, 1.82) is 0 Å². The Hall–Kier alpha value is -2.71. The van der Waals surface area contributed by atoms with Gasteiger partial charge < -0.3 is 15.1 Å². The van der Waals surface area contributed by atoms with E-state index in [4.69, 9.17) is 16.0 Å². The van der Waals surface area contributed by atoms with Gasteiger partial charge in [-0.15, -0.1) is 10.2 Å². The zero-order valence-electron chi connectivity index (χ0n) is 13.7. The van der Waals surface area contributed by atoms with Crippen molar-refractivity contribution >= 4 is 40.4 Å². The van der Waals surface area contributed by atoms with Gasteiger partial charge in [0.05, 0.1) is 6.26 Å². The molecule has 2 amide bonds. The molecule has 1 aromatic carbocycles. The minimum absolute atomic E-state index is 0.0915. The standard InChI is InChI=1S/C17H15ClN4O3S/c1-10(8-13-6-3-7-25-13)19-14(23)16-21-22-17(26-16)15(24)20-12-5-2-4-11(18)9-12/h2-7,9-10H,8H2,1H3,(H,19,23)(H,20,24)/t10-/m0/s1. The number of aromatic nitrogens is 2. The molecule has 2 aromatic heterocycles. The molecule has 0 bridgehead atoms. The first-order valence-electron chi connectivity index (χ1n) is 7.75. The summed E-state index contributed by atoms with van der Waals surface area (Å²) < 4.78 is 5.25. The van der Waals surface area contributed by atoms with Crippen molar-refractivity contribution in [3.63, 3.8) is 0 Å². The summed E-state index contributed by atoms with van der Waals surface area (Å²) in [6, 6.07) is 10.2. The average molecular weight is 391 g/mol. The molecule has 0 fully saturated rings. The Kier molecular flexibility index (Phi) is 5.65. The zero-order chi connectivity index (χ0) is 18.5. The van der Waals surface area contributed by atoms with Crippen molar-refractivity contribution < 1.29 is 14.0 Å². The van der Waals surface area contributed by atoms with Crippen LogP contribution < -0.4 is 10.6 Å². The Balaban J connectivity index is 1.59. The second-order valence-corrected chi connectivity index (χ2v) is 6.95. The fraction of sp³-hybridized carbons (Fsp3) is 0.176. The number of rotatable bonds is 6.